The van der Waals surface area contributed by atoms with Crippen LogP contribution < -0.4 is 5.32 Å². The maximum absolute atomic E-state index is 14.0. The molecule has 1 heterocycles. The molecule has 0 aliphatic rings. The summed E-state index contributed by atoms with van der Waals surface area (Å²) in [5.74, 6) is -0.238. The van der Waals surface area contributed by atoms with Gasteiger partial charge in [-0.05, 0) is 66.0 Å². The highest BCUT2D eigenvalue weighted by Crippen LogP contribution is 2.33. The molecule has 2 aromatic rings. The minimum atomic E-state index is -0.238. The van der Waals surface area contributed by atoms with Gasteiger partial charge < -0.3 is 5.32 Å². The maximum atomic E-state index is 14.0. The molecule has 0 saturated carbocycles. The Labute approximate surface area is 142 Å². The molecule has 1 unspecified atom stereocenters. The van der Waals surface area contributed by atoms with E-state index >= 15 is 0 Å². The van der Waals surface area contributed by atoms with Crippen LogP contribution in [0.4, 0.5) is 4.39 Å². The van der Waals surface area contributed by atoms with Crippen LogP contribution in [-0.4, -0.2) is 6.54 Å². The average Bonchev–Trinajstić information content (AvgIpc) is 2.76. The lowest BCUT2D eigenvalue weighted by Gasteiger charge is -2.20. The SMILES string of the molecule is CCCNC(Cc1c(F)cccc1Cl)c1cc(Br)sc1C. The molecule has 0 spiro atoms. The van der Waals surface area contributed by atoms with E-state index in [-0.39, 0.29) is 11.9 Å². The first-order chi connectivity index (χ1) is 10.0. The molecule has 21 heavy (non-hydrogen) atoms. The zero-order chi connectivity index (χ0) is 15.4. The monoisotopic (exact) mass is 389 g/mol. The summed E-state index contributed by atoms with van der Waals surface area (Å²) in [5.41, 5.74) is 1.79. The minimum Gasteiger partial charge on any atom is -0.310 e. The second kappa shape index (κ2) is 7.73. The van der Waals surface area contributed by atoms with E-state index in [1.54, 1.807) is 23.5 Å². The molecular weight excluding hydrogens is 373 g/mol. The quantitative estimate of drug-likeness (QED) is 0.648. The smallest absolute Gasteiger partial charge is 0.127 e. The van der Waals surface area contributed by atoms with Crippen LogP contribution in [0.3, 0.4) is 0 Å². The second-order valence-electron chi connectivity index (χ2n) is 4.97. The number of benzene rings is 1. The molecule has 1 N–H and O–H groups in total. The molecule has 0 bridgehead atoms. The number of hydrogen-bond acceptors (Lipinski definition) is 2. The van der Waals surface area contributed by atoms with E-state index in [1.165, 1.54) is 16.5 Å². The summed E-state index contributed by atoms with van der Waals surface area (Å²) < 4.78 is 15.1. The highest BCUT2D eigenvalue weighted by molar-refractivity contribution is 9.11. The molecule has 1 aromatic carbocycles. The van der Waals surface area contributed by atoms with Crippen LogP contribution in [0.1, 0.15) is 35.4 Å². The molecule has 0 aliphatic heterocycles. The Morgan fingerprint density at radius 2 is 2.19 bits per heavy atom. The first-order valence-corrected chi connectivity index (χ1v) is 8.93. The largest absolute Gasteiger partial charge is 0.310 e. The number of aryl methyl sites for hydroxylation is 1. The van der Waals surface area contributed by atoms with E-state index in [2.05, 4.69) is 41.2 Å². The Kier molecular flexibility index (Phi) is 6.23. The lowest BCUT2D eigenvalue weighted by Crippen LogP contribution is -2.24. The summed E-state index contributed by atoms with van der Waals surface area (Å²) in [6.07, 6.45) is 1.58. The van der Waals surface area contributed by atoms with Crippen LogP contribution in [0.25, 0.3) is 0 Å². The average molecular weight is 391 g/mol. The second-order valence-corrected chi connectivity index (χ2v) is 8.02. The van der Waals surface area contributed by atoms with Gasteiger partial charge in [0.15, 0.2) is 0 Å². The Bertz CT molecular complexity index is 594. The summed E-state index contributed by atoms with van der Waals surface area (Å²) in [4.78, 5) is 1.24. The highest BCUT2D eigenvalue weighted by atomic mass is 79.9. The lowest BCUT2D eigenvalue weighted by molar-refractivity contribution is 0.512. The number of hydrogen-bond donors (Lipinski definition) is 1. The topological polar surface area (TPSA) is 12.0 Å². The number of nitrogens with one attached hydrogen (secondary N) is 1. The molecule has 2 rings (SSSR count). The number of thiophene rings is 1. The van der Waals surface area contributed by atoms with Gasteiger partial charge in [-0.25, -0.2) is 4.39 Å². The normalized spacial score (nSPS) is 12.6. The van der Waals surface area contributed by atoms with Crippen molar-refractivity contribution in [2.24, 2.45) is 0 Å². The number of halogens is 3. The lowest BCUT2D eigenvalue weighted by atomic mass is 9.99. The van der Waals surface area contributed by atoms with Crippen LogP contribution >= 0.6 is 38.9 Å². The van der Waals surface area contributed by atoms with E-state index in [9.17, 15) is 4.39 Å². The Balaban J connectivity index is 2.30. The predicted octanol–water partition coefficient (Wildman–Crippen LogP) is 5.89. The van der Waals surface area contributed by atoms with Crippen molar-refractivity contribution in [2.45, 2.75) is 32.7 Å². The van der Waals surface area contributed by atoms with Gasteiger partial charge in [0, 0.05) is 21.5 Å². The van der Waals surface area contributed by atoms with Gasteiger partial charge >= 0.3 is 0 Å². The van der Waals surface area contributed by atoms with Crippen LogP contribution in [0.5, 0.6) is 0 Å². The summed E-state index contributed by atoms with van der Waals surface area (Å²) in [7, 11) is 0. The van der Waals surface area contributed by atoms with E-state index in [4.69, 9.17) is 11.6 Å². The summed E-state index contributed by atoms with van der Waals surface area (Å²) in [5, 5.41) is 3.99. The third-order valence-electron chi connectivity index (χ3n) is 3.41. The van der Waals surface area contributed by atoms with Crippen molar-refractivity contribution in [3.05, 3.63) is 54.9 Å². The Morgan fingerprint density at radius 3 is 2.76 bits per heavy atom. The van der Waals surface area contributed by atoms with Gasteiger partial charge in [0.25, 0.3) is 0 Å². The van der Waals surface area contributed by atoms with Crippen molar-refractivity contribution in [1.82, 2.24) is 5.32 Å². The molecule has 0 fully saturated rings. The molecule has 1 aromatic heterocycles. The first kappa shape index (κ1) is 16.9. The summed E-state index contributed by atoms with van der Waals surface area (Å²) >= 11 is 11.4. The third kappa shape index (κ3) is 4.28. The highest BCUT2D eigenvalue weighted by Gasteiger charge is 2.19. The van der Waals surface area contributed by atoms with E-state index in [0.717, 1.165) is 16.8 Å². The predicted molar refractivity (Wildman–Crippen MR) is 92.9 cm³/mol. The van der Waals surface area contributed by atoms with Crippen LogP contribution in [-0.2, 0) is 6.42 Å². The van der Waals surface area contributed by atoms with Crippen molar-refractivity contribution in [3.63, 3.8) is 0 Å². The van der Waals surface area contributed by atoms with Crippen molar-refractivity contribution >= 4 is 38.9 Å². The molecule has 0 aliphatic carbocycles. The van der Waals surface area contributed by atoms with E-state index < -0.39 is 0 Å². The van der Waals surface area contributed by atoms with Crippen molar-refractivity contribution in [3.8, 4) is 0 Å². The van der Waals surface area contributed by atoms with Gasteiger partial charge in [0.2, 0.25) is 0 Å². The molecule has 0 amide bonds. The summed E-state index contributed by atoms with van der Waals surface area (Å²) in [6, 6.07) is 7.04. The molecule has 1 nitrogen and oxygen atoms in total. The molecule has 1 atom stereocenters. The van der Waals surface area contributed by atoms with Gasteiger partial charge in [-0.15, -0.1) is 11.3 Å². The standard InChI is InChI=1S/C16H18BrClFNS/c1-3-7-20-15(11-9-16(17)21-10(11)2)8-12-13(18)5-4-6-14(12)19/h4-6,9,15,20H,3,7-8H2,1-2H3. The Morgan fingerprint density at radius 1 is 1.43 bits per heavy atom. The van der Waals surface area contributed by atoms with Gasteiger partial charge in [-0.2, -0.15) is 0 Å². The van der Waals surface area contributed by atoms with Gasteiger partial charge in [0.1, 0.15) is 5.82 Å². The molecule has 114 valence electrons. The fraction of sp³-hybridized carbons (Fsp3) is 0.375. The zero-order valence-electron chi connectivity index (χ0n) is 12.1. The van der Waals surface area contributed by atoms with Gasteiger partial charge in [-0.1, -0.05) is 24.6 Å². The van der Waals surface area contributed by atoms with Gasteiger partial charge in [0.05, 0.1) is 3.79 Å². The maximum Gasteiger partial charge on any atom is 0.127 e. The molecular formula is C16H18BrClFNS. The third-order valence-corrected chi connectivity index (χ3v) is 5.34. The Hall–Kier alpha value is -0.420. The van der Waals surface area contributed by atoms with Crippen molar-refractivity contribution in [2.75, 3.05) is 6.54 Å². The zero-order valence-corrected chi connectivity index (χ0v) is 15.2. The molecule has 0 saturated heterocycles. The van der Waals surface area contributed by atoms with Gasteiger partial charge in [-0.3, -0.25) is 0 Å². The van der Waals surface area contributed by atoms with E-state index in [1.807, 2.05) is 0 Å². The first-order valence-electron chi connectivity index (χ1n) is 6.95. The van der Waals surface area contributed by atoms with E-state index in [0.29, 0.717) is 17.0 Å². The summed E-state index contributed by atoms with van der Waals surface area (Å²) in [6.45, 7) is 5.11. The minimum absolute atomic E-state index is 0.0712. The molecule has 5 heteroatoms. The van der Waals surface area contributed by atoms with Crippen molar-refractivity contribution < 1.29 is 4.39 Å². The molecule has 0 radical (unpaired) electrons. The fourth-order valence-electron chi connectivity index (χ4n) is 2.35. The van der Waals surface area contributed by atoms with Crippen LogP contribution in [0.15, 0.2) is 28.1 Å². The fourth-order valence-corrected chi connectivity index (χ4v) is 4.36. The van der Waals surface area contributed by atoms with Crippen molar-refractivity contribution in [1.29, 1.82) is 0 Å². The number of rotatable bonds is 6. The van der Waals surface area contributed by atoms with Crippen LogP contribution in [0, 0.1) is 12.7 Å². The van der Waals surface area contributed by atoms with Crippen LogP contribution in [0.2, 0.25) is 5.02 Å².